The molecule has 1 aromatic carbocycles. The molecule has 0 bridgehead atoms. The van der Waals surface area contributed by atoms with Gasteiger partial charge in [-0.2, -0.15) is 0 Å². The summed E-state index contributed by atoms with van der Waals surface area (Å²) in [6, 6.07) is 3.02. The molecule has 84 valence electrons. The van der Waals surface area contributed by atoms with Crippen molar-refractivity contribution < 1.29 is 18.3 Å². The van der Waals surface area contributed by atoms with Gasteiger partial charge in [-0.15, -0.1) is 0 Å². The van der Waals surface area contributed by atoms with E-state index in [1.165, 1.54) is 7.11 Å². The van der Waals surface area contributed by atoms with Gasteiger partial charge in [0, 0.05) is 24.7 Å². The highest BCUT2D eigenvalue weighted by Crippen LogP contribution is 2.13. The Morgan fingerprint density at radius 2 is 1.93 bits per heavy atom. The quantitative estimate of drug-likeness (QED) is 0.760. The van der Waals surface area contributed by atoms with Crippen LogP contribution in [0.25, 0.3) is 0 Å². The Hall–Kier alpha value is -1.20. The highest BCUT2D eigenvalue weighted by molar-refractivity contribution is 5.23. The van der Waals surface area contributed by atoms with Crippen LogP contribution < -0.4 is 10.5 Å². The van der Waals surface area contributed by atoms with Crippen molar-refractivity contribution in [3.05, 3.63) is 29.8 Å². The van der Waals surface area contributed by atoms with Gasteiger partial charge in [0.1, 0.15) is 17.4 Å². The SMILES string of the molecule is COc1cc(F)cc(F)c1.NCC1CO1. The summed E-state index contributed by atoms with van der Waals surface area (Å²) in [4.78, 5) is 0. The molecule has 1 saturated heterocycles. The number of rotatable bonds is 2. The summed E-state index contributed by atoms with van der Waals surface area (Å²) < 4.78 is 33.9. The zero-order valence-corrected chi connectivity index (χ0v) is 8.37. The largest absolute Gasteiger partial charge is 0.497 e. The van der Waals surface area contributed by atoms with Gasteiger partial charge in [0.2, 0.25) is 0 Å². The zero-order valence-electron chi connectivity index (χ0n) is 8.37. The van der Waals surface area contributed by atoms with E-state index in [1.54, 1.807) is 0 Å². The number of nitrogens with two attached hydrogens (primary N) is 1. The molecule has 1 fully saturated rings. The van der Waals surface area contributed by atoms with Gasteiger partial charge in [0.05, 0.1) is 19.8 Å². The van der Waals surface area contributed by atoms with Gasteiger partial charge in [-0.05, 0) is 0 Å². The molecule has 1 aliphatic rings. The van der Waals surface area contributed by atoms with Gasteiger partial charge in [-0.3, -0.25) is 0 Å². The minimum absolute atomic E-state index is 0.192. The van der Waals surface area contributed by atoms with Crippen molar-refractivity contribution in [1.29, 1.82) is 0 Å². The third-order valence-electron chi connectivity index (χ3n) is 1.74. The number of epoxide rings is 1. The van der Waals surface area contributed by atoms with Crippen LogP contribution in [0.5, 0.6) is 5.75 Å². The molecule has 1 aliphatic heterocycles. The molecule has 0 aromatic heterocycles. The minimum atomic E-state index is -0.628. The molecule has 2 rings (SSSR count). The first kappa shape index (κ1) is 11.9. The van der Waals surface area contributed by atoms with E-state index in [-0.39, 0.29) is 5.75 Å². The lowest BCUT2D eigenvalue weighted by Gasteiger charge is -1.97. The van der Waals surface area contributed by atoms with Crippen LogP contribution in [0.2, 0.25) is 0 Å². The van der Waals surface area contributed by atoms with Crippen molar-refractivity contribution in [1.82, 2.24) is 0 Å². The average molecular weight is 217 g/mol. The molecule has 0 aliphatic carbocycles. The van der Waals surface area contributed by atoms with Crippen molar-refractivity contribution >= 4 is 0 Å². The Labute approximate surface area is 86.8 Å². The molecule has 5 heteroatoms. The number of benzene rings is 1. The molecule has 0 spiro atoms. The summed E-state index contributed by atoms with van der Waals surface area (Å²) in [6.07, 6.45) is 0.412. The highest BCUT2D eigenvalue weighted by atomic mass is 19.1. The van der Waals surface area contributed by atoms with Crippen LogP contribution in [-0.2, 0) is 4.74 Å². The Morgan fingerprint density at radius 3 is 2.20 bits per heavy atom. The first-order chi connectivity index (χ1) is 7.15. The lowest BCUT2D eigenvalue weighted by molar-refractivity contribution is 0.407. The molecular weight excluding hydrogens is 204 g/mol. The van der Waals surface area contributed by atoms with Gasteiger partial charge < -0.3 is 15.2 Å². The fraction of sp³-hybridized carbons (Fsp3) is 0.400. The standard InChI is InChI=1S/C7H6F2O.C3H7NO/c1-10-7-3-5(8)2-6(9)4-7;4-1-3-2-5-3/h2-4H,1H3;3H,1-2,4H2. The maximum absolute atomic E-state index is 12.3. The Bertz CT molecular complexity index is 296. The molecule has 1 aromatic rings. The van der Waals surface area contributed by atoms with Crippen LogP contribution >= 0.6 is 0 Å². The molecule has 1 atom stereocenters. The van der Waals surface area contributed by atoms with Crippen LogP contribution in [0, 0.1) is 11.6 Å². The van der Waals surface area contributed by atoms with E-state index < -0.39 is 11.6 Å². The van der Waals surface area contributed by atoms with E-state index >= 15 is 0 Å². The van der Waals surface area contributed by atoms with Crippen molar-refractivity contribution in [2.75, 3.05) is 20.3 Å². The molecule has 1 unspecified atom stereocenters. The lowest BCUT2D eigenvalue weighted by Crippen LogP contribution is -2.05. The summed E-state index contributed by atoms with van der Waals surface area (Å²) in [7, 11) is 1.36. The van der Waals surface area contributed by atoms with Gasteiger partial charge in [0.15, 0.2) is 0 Å². The topological polar surface area (TPSA) is 47.8 Å². The number of hydrogen-bond donors (Lipinski definition) is 1. The molecular formula is C10H13F2NO2. The number of hydrogen-bond acceptors (Lipinski definition) is 3. The van der Waals surface area contributed by atoms with Crippen molar-refractivity contribution in [3.63, 3.8) is 0 Å². The lowest BCUT2D eigenvalue weighted by atomic mass is 10.3. The molecule has 2 N–H and O–H groups in total. The predicted molar refractivity (Wildman–Crippen MR) is 51.7 cm³/mol. The van der Waals surface area contributed by atoms with Crippen LogP contribution in [0.15, 0.2) is 18.2 Å². The molecule has 3 nitrogen and oxygen atoms in total. The second kappa shape index (κ2) is 5.63. The van der Waals surface area contributed by atoms with E-state index in [0.717, 1.165) is 24.8 Å². The highest BCUT2D eigenvalue weighted by Gasteiger charge is 2.18. The van der Waals surface area contributed by atoms with E-state index in [9.17, 15) is 8.78 Å². The number of halogens is 2. The molecule has 1 heterocycles. The summed E-state index contributed by atoms with van der Waals surface area (Å²) in [5.41, 5.74) is 5.11. The maximum atomic E-state index is 12.3. The van der Waals surface area contributed by atoms with E-state index in [2.05, 4.69) is 4.74 Å². The van der Waals surface area contributed by atoms with Crippen LogP contribution in [0.1, 0.15) is 0 Å². The summed E-state index contributed by atoms with van der Waals surface area (Å²) in [5.74, 6) is -1.06. The summed E-state index contributed by atoms with van der Waals surface area (Å²) in [5, 5.41) is 0. The van der Waals surface area contributed by atoms with Crippen LogP contribution in [0.3, 0.4) is 0 Å². The Kier molecular flexibility index (Phi) is 4.45. The van der Waals surface area contributed by atoms with Gasteiger partial charge in [-0.1, -0.05) is 0 Å². The normalized spacial score (nSPS) is 17.7. The van der Waals surface area contributed by atoms with Gasteiger partial charge in [-0.25, -0.2) is 8.78 Å². The second-order valence-corrected chi connectivity index (χ2v) is 3.00. The average Bonchev–Trinajstić information content (AvgIpc) is 3.00. The fourth-order valence-electron chi connectivity index (χ4n) is 0.851. The van der Waals surface area contributed by atoms with Crippen LogP contribution in [0.4, 0.5) is 8.78 Å². The first-order valence-corrected chi connectivity index (χ1v) is 4.47. The van der Waals surface area contributed by atoms with E-state index in [0.29, 0.717) is 12.6 Å². The Balaban J connectivity index is 0.000000187. The van der Waals surface area contributed by atoms with Gasteiger partial charge in [0.25, 0.3) is 0 Å². The van der Waals surface area contributed by atoms with Crippen molar-refractivity contribution in [2.45, 2.75) is 6.10 Å². The minimum Gasteiger partial charge on any atom is -0.497 e. The van der Waals surface area contributed by atoms with Gasteiger partial charge >= 0.3 is 0 Å². The number of methoxy groups -OCH3 is 1. The van der Waals surface area contributed by atoms with Crippen molar-refractivity contribution in [2.24, 2.45) is 5.73 Å². The predicted octanol–water partition coefficient (Wildman–Crippen LogP) is 1.32. The molecule has 0 radical (unpaired) electrons. The molecule has 0 saturated carbocycles. The Morgan fingerprint density at radius 1 is 1.40 bits per heavy atom. The third-order valence-corrected chi connectivity index (χ3v) is 1.74. The third kappa shape index (κ3) is 4.71. The summed E-state index contributed by atoms with van der Waals surface area (Å²) in [6.45, 7) is 1.58. The zero-order chi connectivity index (χ0) is 11.3. The summed E-state index contributed by atoms with van der Waals surface area (Å²) >= 11 is 0. The second-order valence-electron chi connectivity index (χ2n) is 3.00. The smallest absolute Gasteiger partial charge is 0.129 e. The number of ether oxygens (including phenoxy) is 2. The molecule has 0 amide bonds. The van der Waals surface area contributed by atoms with Crippen LogP contribution in [-0.4, -0.2) is 26.4 Å². The fourth-order valence-corrected chi connectivity index (χ4v) is 0.851. The first-order valence-electron chi connectivity index (χ1n) is 4.47. The monoisotopic (exact) mass is 217 g/mol. The van der Waals surface area contributed by atoms with Crippen molar-refractivity contribution in [3.8, 4) is 5.75 Å². The maximum Gasteiger partial charge on any atom is 0.129 e. The van der Waals surface area contributed by atoms with E-state index in [1.807, 2.05) is 0 Å². The van der Waals surface area contributed by atoms with E-state index in [4.69, 9.17) is 10.5 Å². The molecule has 15 heavy (non-hydrogen) atoms.